The third-order valence-corrected chi connectivity index (χ3v) is 4.80. The van der Waals surface area contributed by atoms with Gasteiger partial charge in [-0.05, 0) is 41.3 Å². The van der Waals surface area contributed by atoms with Crippen LogP contribution in [0.2, 0.25) is 10.0 Å². The molecule has 7 heteroatoms. The van der Waals surface area contributed by atoms with E-state index in [1.807, 2.05) is 32.0 Å². The summed E-state index contributed by atoms with van der Waals surface area (Å²) in [5.41, 5.74) is 1.79. The van der Waals surface area contributed by atoms with E-state index < -0.39 is 12.0 Å². The highest BCUT2D eigenvalue weighted by Crippen LogP contribution is 2.30. The highest BCUT2D eigenvalue weighted by molar-refractivity contribution is 6.42. The van der Waals surface area contributed by atoms with E-state index in [0.717, 1.165) is 11.1 Å². The van der Waals surface area contributed by atoms with Crippen LogP contribution in [0.3, 0.4) is 0 Å². The zero-order valence-corrected chi connectivity index (χ0v) is 17.0. The van der Waals surface area contributed by atoms with Crippen molar-refractivity contribution in [2.75, 3.05) is 7.11 Å². The molecule has 2 aromatic carbocycles. The summed E-state index contributed by atoms with van der Waals surface area (Å²) in [6, 6.07) is 10.2. The molecule has 2 aromatic rings. The van der Waals surface area contributed by atoms with Crippen molar-refractivity contribution in [2.24, 2.45) is 5.92 Å². The number of methoxy groups -OCH3 is 1. The molecule has 0 amide bonds. The summed E-state index contributed by atoms with van der Waals surface area (Å²) in [6.45, 7) is 4.47. The monoisotopic (exact) mass is 411 g/mol. The number of hydrogen-bond donors (Lipinski definition) is 2. The van der Waals surface area contributed by atoms with Crippen LogP contribution in [0, 0.1) is 5.92 Å². The lowest BCUT2D eigenvalue weighted by Gasteiger charge is -2.18. The van der Waals surface area contributed by atoms with Gasteiger partial charge in [0.2, 0.25) is 0 Å². The molecule has 0 aliphatic rings. The van der Waals surface area contributed by atoms with Crippen LogP contribution in [-0.4, -0.2) is 24.2 Å². The summed E-state index contributed by atoms with van der Waals surface area (Å²) in [4.78, 5) is 11.3. The molecule has 0 aromatic heterocycles. The van der Waals surface area contributed by atoms with Crippen molar-refractivity contribution in [2.45, 2.75) is 33.0 Å². The molecule has 0 heterocycles. The molecule has 1 unspecified atom stereocenters. The molecule has 0 aliphatic heterocycles. The molecule has 0 fully saturated rings. The van der Waals surface area contributed by atoms with Crippen LogP contribution >= 0.6 is 23.2 Å². The number of benzene rings is 2. The molecule has 0 spiro atoms. The van der Waals surface area contributed by atoms with Gasteiger partial charge in [0.05, 0.1) is 17.2 Å². The fourth-order valence-electron chi connectivity index (χ4n) is 2.57. The van der Waals surface area contributed by atoms with Crippen molar-refractivity contribution in [3.8, 4) is 11.5 Å². The van der Waals surface area contributed by atoms with Crippen molar-refractivity contribution in [3.05, 3.63) is 57.6 Å². The van der Waals surface area contributed by atoms with Gasteiger partial charge in [-0.1, -0.05) is 49.2 Å². The van der Waals surface area contributed by atoms with Crippen molar-refractivity contribution in [3.63, 3.8) is 0 Å². The van der Waals surface area contributed by atoms with Gasteiger partial charge in [0, 0.05) is 6.54 Å². The number of carbonyl (C=O) groups is 1. The van der Waals surface area contributed by atoms with Crippen LogP contribution in [0.4, 0.5) is 0 Å². The Labute approximate surface area is 169 Å². The van der Waals surface area contributed by atoms with Crippen LogP contribution in [0.25, 0.3) is 0 Å². The summed E-state index contributed by atoms with van der Waals surface area (Å²) in [6.07, 6.45) is 0. The zero-order valence-electron chi connectivity index (χ0n) is 15.5. The van der Waals surface area contributed by atoms with Crippen LogP contribution in [-0.2, 0) is 17.9 Å². The van der Waals surface area contributed by atoms with Crippen molar-refractivity contribution in [1.82, 2.24) is 5.32 Å². The van der Waals surface area contributed by atoms with Gasteiger partial charge in [-0.3, -0.25) is 4.79 Å². The molecule has 27 heavy (non-hydrogen) atoms. The number of rotatable bonds is 9. The number of hydrogen-bond acceptors (Lipinski definition) is 4. The Morgan fingerprint density at radius 2 is 1.78 bits per heavy atom. The smallest absolute Gasteiger partial charge is 0.320 e. The second-order valence-electron chi connectivity index (χ2n) is 6.46. The number of carboxylic acid groups (broad SMARTS) is 1. The van der Waals surface area contributed by atoms with E-state index in [0.29, 0.717) is 34.7 Å². The van der Waals surface area contributed by atoms with Gasteiger partial charge in [0.15, 0.2) is 11.5 Å². The van der Waals surface area contributed by atoms with E-state index in [4.69, 9.17) is 32.7 Å². The van der Waals surface area contributed by atoms with Gasteiger partial charge in [0.1, 0.15) is 12.6 Å². The molecule has 2 N–H and O–H groups in total. The van der Waals surface area contributed by atoms with Crippen LogP contribution in [0.1, 0.15) is 25.0 Å². The zero-order chi connectivity index (χ0) is 20.0. The molecule has 0 radical (unpaired) electrons. The highest BCUT2D eigenvalue weighted by atomic mass is 35.5. The Kier molecular flexibility index (Phi) is 7.78. The predicted molar refractivity (Wildman–Crippen MR) is 107 cm³/mol. The summed E-state index contributed by atoms with van der Waals surface area (Å²) in [7, 11) is 1.56. The van der Waals surface area contributed by atoms with Crippen LogP contribution in [0.15, 0.2) is 36.4 Å². The number of carboxylic acids is 1. The molecule has 5 nitrogen and oxygen atoms in total. The van der Waals surface area contributed by atoms with Gasteiger partial charge in [-0.2, -0.15) is 0 Å². The Morgan fingerprint density at radius 1 is 1.07 bits per heavy atom. The third-order valence-electron chi connectivity index (χ3n) is 4.07. The van der Waals surface area contributed by atoms with E-state index in [1.165, 1.54) is 0 Å². The molecular formula is C20H23Cl2NO4. The van der Waals surface area contributed by atoms with E-state index in [9.17, 15) is 9.90 Å². The van der Waals surface area contributed by atoms with E-state index in [2.05, 4.69) is 5.32 Å². The van der Waals surface area contributed by atoms with Gasteiger partial charge >= 0.3 is 5.97 Å². The maximum absolute atomic E-state index is 11.3. The average molecular weight is 412 g/mol. The molecule has 0 saturated carbocycles. The molecule has 0 aliphatic carbocycles. The lowest BCUT2D eigenvalue weighted by atomic mass is 10.0. The van der Waals surface area contributed by atoms with Gasteiger partial charge in [-0.15, -0.1) is 0 Å². The summed E-state index contributed by atoms with van der Waals surface area (Å²) in [5.74, 6) is 0.286. The van der Waals surface area contributed by atoms with Gasteiger partial charge in [0.25, 0.3) is 0 Å². The quantitative estimate of drug-likeness (QED) is 0.621. The third kappa shape index (κ3) is 6.03. The Balaban J connectivity index is 2.04. The minimum Gasteiger partial charge on any atom is -0.493 e. The fraction of sp³-hybridized carbons (Fsp3) is 0.350. The predicted octanol–water partition coefficient (Wildman–Crippen LogP) is 4.78. The Morgan fingerprint density at radius 3 is 2.37 bits per heavy atom. The maximum atomic E-state index is 11.3. The van der Waals surface area contributed by atoms with Crippen LogP contribution in [0.5, 0.6) is 11.5 Å². The Bertz CT molecular complexity index is 796. The number of halogens is 2. The van der Waals surface area contributed by atoms with Gasteiger partial charge < -0.3 is 19.9 Å². The molecule has 2 rings (SSSR count). The van der Waals surface area contributed by atoms with E-state index in [-0.39, 0.29) is 5.92 Å². The van der Waals surface area contributed by atoms with E-state index >= 15 is 0 Å². The first kappa shape index (κ1) is 21.4. The fourth-order valence-corrected chi connectivity index (χ4v) is 2.89. The molecule has 0 saturated heterocycles. The normalized spacial score (nSPS) is 12.1. The summed E-state index contributed by atoms with van der Waals surface area (Å²) < 4.78 is 11.2. The number of ether oxygens (including phenoxy) is 2. The van der Waals surface area contributed by atoms with Crippen molar-refractivity contribution >= 4 is 29.2 Å². The van der Waals surface area contributed by atoms with E-state index in [1.54, 1.807) is 25.3 Å². The second-order valence-corrected chi connectivity index (χ2v) is 7.28. The lowest BCUT2D eigenvalue weighted by Crippen LogP contribution is -2.40. The molecule has 146 valence electrons. The SMILES string of the molecule is COc1cc(CNC(C(=O)O)C(C)C)ccc1OCc1ccc(Cl)c(Cl)c1. The standard InChI is InChI=1S/C20H23Cl2NO4/c1-12(2)19(20(24)25)23-10-13-5-7-17(18(9-13)26-3)27-11-14-4-6-15(21)16(22)8-14/h4-9,12,19,23H,10-11H2,1-3H3,(H,24,25). The minimum absolute atomic E-state index is 0.0156. The minimum atomic E-state index is -0.862. The molecule has 0 bridgehead atoms. The van der Waals surface area contributed by atoms with Crippen LogP contribution < -0.4 is 14.8 Å². The highest BCUT2D eigenvalue weighted by Gasteiger charge is 2.20. The largest absolute Gasteiger partial charge is 0.493 e. The lowest BCUT2D eigenvalue weighted by molar-refractivity contribution is -0.140. The second kappa shape index (κ2) is 9.83. The van der Waals surface area contributed by atoms with Crippen molar-refractivity contribution in [1.29, 1.82) is 0 Å². The summed E-state index contributed by atoms with van der Waals surface area (Å²) in [5, 5.41) is 13.3. The topological polar surface area (TPSA) is 67.8 Å². The number of aliphatic carboxylic acids is 1. The molecular weight excluding hydrogens is 389 g/mol. The molecule has 1 atom stereocenters. The van der Waals surface area contributed by atoms with Gasteiger partial charge in [-0.25, -0.2) is 0 Å². The first-order valence-corrected chi connectivity index (χ1v) is 9.27. The first-order valence-electron chi connectivity index (χ1n) is 8.51. The first-order chi connectivity index (χ1) is 12.8. The Hall–Kier alpha value is -1.95. The maximum Gasteiger partial charge on any atom is 0.320 e. The number of nitrogens with one attached hydrogen (secondary N) is 1. The van der Waals surface area contributed by atoms with Crippen molar-refractivity contribution < 1.29 is 19.4 Å². The average Bonchev–Trinajstić information content (AvgIpc) is 2.62. The summed E-state index contributed by atoms with van der Waals surface area (Å²) >= 11 is 11.9.